The summed E-state index contributed by atoms with van der Waals surface area (Å²) in [5, 5.41) is 2.87. The van der Waals surface area contributed by atoms with Gasteiger partial charge < -0.3 is 15.0 Å². The molecule has 0 bridgehead atoms. The molecule has 0 saturated carbocycles. The molecule has 0 aromatic heterocycles. The van der Waals surface area contributed by atoms with Crippen molar-refractivity contribution in [3.8, 4) is 5.75 Å². The lowest BCUT2D eigenvalue weighted by molar-refractivity contribution is -0.130. The van der Waals surface area contributed by atoms with Crippen LogP contribution in [0.3, 0.4) is 0 Å². The smallest absolute Gasteiger partial charge is 0.222 e. The van der Waals surface area contributed by atoms with Crippen LogP contribution in [-0.2, 0) is 16.1 Å². The molecule has 2 amide bonds. The van der Waals surface area contributed by atoms with Crippen molar-refractivity contribution in [1.82, 2.24) is 10.2 Å². The van der Waals surface area contributed by atoms with Crippen molar-refractivity contribution in [2.75, 3.05) is 20.2 Å². The van der Waals surface area contributed by atoms with Crippen LogP contribution in [-0.4, -0.2) is 36.9 Å². The Morgan fingerprint density at radius 3 is 2.36 bits per heavy atom. The van der Waals surface area contributed by atoms with E-state index in [0.29, 0.717) is 32.0 Å². The van der Waals surface area contributed by atoms with Gasteiger partial charge in [-0.05, 0) is 23.6 Å². The van der Waals surface area contributed by atoms with Gasteiger partial charge in [0.2, 0.25) is 11.8 Å². The van der Waals surface area contributed by atoms with E-state index in [1.165, 1.54) is 6.92 Å². The van der Waals surface area contributed by atoms with E-state index in [1.807, 2.05) is 24.3 Å². The summed E-state index contributed by atoms with van der Waals surface area (Å²) in [7, 11) is 1.62. The van der Waals surface area contributed by atoms with Crippen molar-refractivity contribution in [1.29, 1.82) is 0 Å². The number of amides is 2. The number of methoxy groups -OCH3 is 1. The van der Waals surface area contributed by atoms with Crippen LogP contribution in [0.1, 0.15) is 32.8 Å². The van der Waals surface area contributed by atoms with Gasteiger partial charge in [-0.25, -0.2) is 0 Å². The second-order valence-corrected chi connectivity index (χ2v) is 5.73. The molecule has 5 nitrogen and oxygen atoms in total. The first-order chi connectivity index (χ1) is 10.4. The lowest BCUT2D eigenvalue weighted by Crippen LogP contribution is -2.36. The topological polar surface area (TPSA) is 58.6 Å². The zero-order chi connectivity index (χ0) is 16.5. The van der Waals surface area contributed by atoms with Crippen molar-refractivity contribution in [3.05, 3.63) is 29.8 Å². The first-order valence-electron chi connectivity index (χ1n) is 7.57. The Kier molecular flexibility index (Phi) is 7.43. The molecule has 0 aliphatic rings. The van der Waals surface area contributed by atoms with Crippen molar-refractivity contribution in [2.45, 2.75) is 33.7 Å². The Morgan fingerprint density at radius 1 is 1.23 bits per heavy atom. The van der Waals surface area contributed by atoms with Crippen molar-refractivity contribution < 1.29 is 14.3 Å². The standard InChI is InChI=1S/C17H26N2O3/c1-13(2)12-19(14(3)20)10-9-17(21)18-11-15-5-7-16(22-4)8-6-15/h5-8,13H,9-12H2,1-4H3,(H,18,21). The van der Waals surface area contributed by atoms with E-state index in [2.05, 4.69) is 19.2 Å². The van der Waals surface area contributed by atoms with E-state index in [4.69, 9.17) is 4.74 Å². The van der Waals surface area contributed by atoms with Gasteiger partial charge in [0.15, 0.2) is 0 Å². The zero-order valence-corrected chi connectivity index (χ0v) is 13.9. The van der Waals surface area contributed by atoms with Gasteiger partial charge in [-0.3, -0.25) is 9.59 Å². The molecule has 122 valence electrons. The van der Waals surface area contributed by atoms with E-state index in [9.17, 15) is 9.59 Å². The third-order valence-electron chi connectivity index (χ3n) is 3.29. The number of hydrogen-bond acceptors (Lipinski definition) is 3. The van der Waals surface area contributed by atoms with Gasteiger partial charge in [0.25, 0.3) is 0 Å². The highest BCUT2D eigenvalue weighted by atomic mass is 16.5. The maximum Gasteiger partial charge on any atom is 0.222 e. The van der Waals surface area contributed by atoms with Crippen molar-refractivity contribution >= 4 is 11.8 Å². The molecule has 1 rings (SSSR count). The minimum Gasteiger partial charge on any atom is -0.497 e. The normalized spacial score (nSPS) is 10.4. The summed E-state index contributed by atoms with van der Waals surface area (Å²) in [5.74, 6) is 1.15. The highest BCUT2D eigenvalue weighted by molar-refractivity contribution is 5.78. The highest BCUT2D eigenvalue weighted by Crippen LogP contribution is 2.11. The van der Waals surface area contributed by atoms with Crippen molar-refractivity contribution in [2.24, 2.45) is 5.92 Å². The monoisotopic (exact) mass is 306 g/mol. The minimum atomic E-state index is -0.0502. The average Bonchev–Trinajstić information content (AvgIpc) is 2.49. The van der Waals surface area contributed by atoms with Gasteiger partial charge >= 0.3 is 0 Å². The molecule has 0 aliphatic heterocycles. The third kappa shape index (κ3) is 6.61. The summed E-state index contributed by atoms with van der Waals surface area (Å²) >= 11 is 0. The Bertz CT molecular complexity index is 483. The van der Waals surface area contributed by atoms with Crippen LogP contribution in [0.25, 0.3) is 0 Å². The number of rotatable bonds is 8. The molecule has 0 spiro atoms. The lowest BCUT2D eigenvalue weighted by atomic mass is 10.2. The van der Waals surface area contributed by atoms with Gasteiger partial charge in [0.05, 0.1) is 7.11 Å². The van der Waals surface area contributed by atoms with E-state index in [-0.39, 0.29) is 11.8 Å². The number of carbonyl (C=O) groups is 2. The molecule has 0 aliphatic carbocycles. The van der Waals surface area contributed by atoms with Crippen molar-refractivity contribution in [3.63, 3.8) is 0 Å². The van der Waals surface area contributed by atoms with Crippen LogP contribution in [0.2, 0.25) is 0 Å². The number of nitrogens with one attached hydrogen (secondary N) is 1. The highest BCUT2D eigenvalue weighted by Gasteiger charge is 2.12. The number of hydrogen-bond donors (Lipinski definition) is 1. The lowest BCUT2D eigenvalue weighted by Gasteiger charge is -2.22. The summed E-state index contributed by atoms with van der Waals surface area (Å²) in [4.78, 5) is 25.1. The Balaban J connectivity index is 2.37. The Labute approximate surface area is 132 Å². The minimum absolute atomic E-state index is 0.0108. The fraction of sp³-hybridized carbons (Fsp3) is 0.529. The zero-order valence-electron chi connectivity index (χ0n) is 13.9. The molecular weight excluding hydrogens is 280 g/mol. The molecule has 1 aromatic rings. The van der Waals surface area contributed by atoms with Gasteiger partial charge in [-0.1, -0.05) is 26.0 Å². The maximum absolute atomic E-state index is 11.9. The summed E-state index contributed by atoms with van der Waals surface area (Å²) in [6.45, 7) is 7.27. The second kappa shape index (κ2) is 9.07. The Morgan fingerprint density at radius 2 is 1.86 bits per heavy atom. The Hall–Kier alpha value is -2.04. The van der Waals surface area contributed by atoms with Crippen LogP contribution < -0.4 is 10.1 Å². The van der Waals surface area contributed by atoms with Gasteiger partial charge in [-0.2, -0.15) is 0 Å². The van der Waals surface area contributed by atoms with Crippen LogP contribution in [0, 0.1) is 5.92 Å². The molecule has 0 radical (unpaired) electrons. The molecule has 0 saturated heterocycles. The molecule has 0 fully saturated rings. The number of nitrogens with zero attached hydrogens (tertiary/aromatic N) is 1. The fourth-order valence-corrected chi connectivity index (χ4v) is 2.09. The van der Waals surface area contributed by atoms with E-state index in [0.717, 1.165) is 11.3 Å². The summed E-state index contributed by atoms with van der Waals surface area (Å²) in [6.07, 6.45) is 0.322. The number of benzene rings is 1. The third-order valence-corrected chi connectivity index (χ3v) is 3.29. The van der Waals surface area contributed by atoms with Gasteiger partial charge in [-0.15, -0.1) is 0 Å². The van der Waals surface area contributed by atoms with Crippen LogP contribution in [0.5, 0.6) is 5.75 Å². The van der Waals surface area contributed by atoms with Crippen LogP contribution >= 0.6 is 0 Å². The molecule has 0 heterocycles. The molecule has 22 heavy (non-hydrogen) atoms. The fourth-order valence-electron chi connectivity index (χ4n) is 2.09. The summed E-state index contributed by atoms with van der Waals surface area (Å²) in [6, 6.07) is 7.56. The molecule has 1 N–H and O–H groups in total. The van der Waals surface area contributed by atoms with E-state index < -0.39 is 0 Å². The predicted octanol–water partition coefficient (Wildman–Crippen LogP) is 2.21. The van der Waals surface area contributed by atoms with Gasteiger partial charge in [0.1, 0.15) is 5.75 Å². The number of carbonyl (C=O) groups excluding carboxylic acids is 2. The molecule has 5 heteroatoms. The summed E-state index contributed by atoms with van der Waals surface area (Å²) < 4.78 is 5.09. The molecule has 0 atom stereocenters. The molecule has 0 unspecified atom stereocenters. The van der Waals surface area contributed by atoms with Crippen LogP contribution in [0.4, 0.5) is 0 Å². The van der Waals surface area contributed by atoms with E-state index in [1.54, 1.807) is 12.0 Å². The van der Waals surface area contributed by atoms with E-state index >= 15 is 0 Å². The summed E-state index contributed by atoms with van der Waals surface area (Å²) in [5.41, 5.74) is 1.01. The largest absolute Gasteiger partial charge is 0.497 e. The first kappa shape index (κ1) is 18.0. The quantitative estimate of drug-likeness (QED) is 0.801. The number of ether oxygens (including phenoxy) is 1. The molecular formula is C17H26N2O3. The average molecular weight is 306 g/mol. The predicted molar refractivity (Wildman–Crippen MR) is 86.5 cm³/mol. The second-order valence-electron chi connectivity index (χ2n) is 5.73. The first-order valence-corrected chi connectivity index (χ1v) is 7.57. The maximum atomic E-state index is 11.9. The van der Waals surface area contributed by atoms with Gasteiger partial charge in [0, 0.05) is 33.0 Å². The molecule has 1 aromatic carbocycles. The SMILES string of the molecule is COc1ccc(CNC(=O)CCN(CC(C)C)C(C)=O)cc1. The van der Waals surface area contributed by atoms with Crippen LogP contribution in [0.15, 0.2) is 24.3 Å².